The number of aromatic nitrogens is 2. The van der Waals surface area contributed by atoms with E-state index in [-0.39, 0.29) is 12.1 Å². The third kappa shape index (κ3) is 4.26. The van der Waals surface area contributed by atoms with Crippen LogP contribution >= 0.6 is 11.3 Å². The maximum absolute atomic E-state index is 11.9. The second-order valence-electron chi connectivity index (χ2n) is 5.30. The van der Waals surface area contributed by atoms with Crippen molar-refractivity contribution in [2.45, 2.75) is 33.2 Å². The van der Waals surface area contributed by atoms with Crippen molar-refractivity contribution in [2.24, 2.45) is 0 Å². The first-order valence-electron chi connectivity index (χ1n) is 6.87. The van der Waals surface area contributed by atoms with Crippen molar-refractivity contribution in [3.05, 3.63) is 40.4 Å². The highest BCUT2D eigenvalue weighted by Crippen LogP contribution is 2.19. The van der Waals surface area contributed by atoms with Gasteiger partial charge in [-0.15, -0.1) is 10.2 Å². The van der Waals surface area contributed by atoms with Crippen molar-refractivity contribution in [3.63, 3.8) is 0 Å². The highest BCUT2D eigenvalue weighted by atomic mass is 32.1. The van der Waals surface area contributed by atoms with Crippen LogP contribution in [-0.2, 0) is 6.42 Å². The molecule has 0 aliphatic heterocycles. The van der Waals surface area contributed by atoms with Crippen LogP contribution in [0.4, 0.5) is 9.93 Å². The van der Waals surface area contributed by atoms with Gasteiger partial charge in [0.1, 0.15) is 5.01 Å². The van der Waals surface area contributed by atoms with Crippen LogP contribution in [0, 0.1) is 6.92 Å². The number of carbonyl (C=O) groups excluding carboxylic acids is 1. The molecule has 0 unspecified atom stereocenters. The number of urea groups is 1. The number of aryl methyl sites for hydroxylation is 1. The average molecular weight is 304 g/mol. The lowest BCUT2D eigenvalue weighted by molar-refractivity contribution is 0.211. The van der Waals surface area contributed by atoms with Gasteiger partial charge in [0.2, 0.25) is 5.13 Å². The summed E-state index contributed by atoms with van der Waals surface area (Å²) in [6, 6.07) is 8.31. The summed E-state index contributed by atoms with van der Waals surface area (Å²) in [6.07, 6.45) is 0.730. The fraction of sp³-hybridized carbons (Fsp3) is 0.400. The number of hydrogen-bond acceptors (Lipinski definition) is 4. The molecule has 0 atom stereocenters. The summed E-state index contributed by atoms with van der Waals surface area (Å²) in [5, 5.41) is 12.3. The Morgan fingerprint density at radius 1 is 1.29 bits per heavy atom. The summed E-state index contributed by atoms with van der Waals surface area (Å²) in [5.74, 6) is 0. The number of nitrogens with zero attached hydrogens (tertiary/aromatic N) is 3. The maximum Gasteiger partial charge on any atom is 0.323 e. The predicted molar refractivity (Wildman–Crippen MR) is 85.8 cm³/mol. The van der Waals surface area contributed by atoms with Gasteiger partial charge in [0.15, 0.2) is 0 Å². The normalized spacial score (nSPS) is 10.7. The number of carbonyl (C=O) groups is 1. The summed E-state index contributed by atoms with van der Waals surface area (Å²) in [4.78, 5) is 13.5. The molecule has 0 spiro atoms. The largest absolute Gasteiger partial charge is 0.325 e. The van der Waals surface area contributed by atoms with Gasteiger partial charge in [0.05, 0.1) is 0 Å². The summed E-state index contributed by atoms with van der Waals surface area (Å²) >= 11 is 1.41. The number of nitrogens with one attached hydrogen (secondary N) is 1. The van der Waals surface area contributed by atoms with Gasteiger partial charge in [-0.05, 0) is 26.3 Å². The smallest absolute Gasteiger partial charge is 0.323 e. The summed E-state index contributed by atoms with van der Waals surface area (Å²) in [7, 11) is 1.76. The van der Waals surface area contributed by atoms with Gasteiger partial charge in [-0.3, -0.25) is 5.32 Å². The summed E-state index contributed by atoms with van der Waals surface area (Å²) in [5.41, 5.74) is 2.43. The van der Waals surface area contributed by atoms with Crippen LogP contribution in [0.15, 0.2) is 24.3 Å². The monoisotopic (exact) mass is 304 g/mol. The number of anilines is 1. The third-order valence-electron chi connectivity index (χ3n) is 3.25. The standard InChI is InChI=1S/C15H20N4OS/c1-10(2)19(4)15(20)16-14-18-17-13(21-14)9-12-7-5-11(3)6-8-12/h5-8,10H,9H2,1-4H3,(H,16,18,20). The Bertz CT molecular complexity index is 606. The van der Waals surface area contributed by atoms with Crippen LogP contribution in [0.3, 0.4) is 0 Å². The molecule has 6 heteroatoms. The molecular weight excluding hydrogens is 284 g/mol. The van der Waals surface area contributed by atoms with Crippen molar-refractivity contribution in [3.8, 4) is 0 Å². The zero-order valence-corrected chi connectivity index (χ0v) is 13.6. The zero-order chi connectivity index (χ0) is 15.4. The molecule has 1 aromatic heterocycles. The Balaban J connectivity index is 1.98. The van der Waals surface area contributed by atoms with Gasteiger partial charge in [-0.2, -0.15) is 0 Å². The zero-order valence-electron chi connectivity index (χ0n) is 12.8. The lowest BCUT2D eigenvalue weighted by Gasteiger charge is -2.20. The van der Waals surface area contributed by atoms with E-state index in [1.54, 1.807) is 11.9 Å². The molecule has 1 N–H and O–H groups in total. The highest BCUT2D eigenvalue weighted by Gasteiger charge is 2.14. The van der Waals surface area contributed by atoms with Gasteiger partial charge in [0, 0.05) is 19.5 Å². The van der Waals surface area contributed by atoms with Gasteiger partial charge >= 0.3 is 6.03 Å². The number of benzene rings is 1. The van der Waals surface area contributed by atoms with Crippen molar-refractivity contribution in [1.82, 2.24) is 15.1 Å². The van der Waals surface area contributed by atoms with E-state index in [1.165, 1.54) is 22.5 Å². The third-order valence-corrected chi connectivity index (χ3v) is 4.09. The minimum atomic E-state index is -0.164. The van der Waals surface area contributed by atoms with Crippen LogP contribution < -0.4 is 5.32 Å². The Kier molecular flexibility index (Phi) is 4.90. The second-order valence-corrected chi connectivity index (χ2v) is 6.36. The van der Waals surface area contributed by atoms with E-state index in [2.05, 4.69) is 46.7 Å². The molecule has 0 bridgehead atoms. The van der Waals surface area contributed by atoms with Crippen molar-refractivity contribution in [2.75, 3.05) is 12.4 Å². The molecule has 0 saturated carbocycles. The summed E-state index contributed by atoms with van der Waals surface area (Å²) in [6.45, 7) is 5.98. The van der Waals surface area contributed by atoms with E-state index >= 15 is 0 Å². The van der Waals surface area contributed by atoms with Crippen LogP contribution in [-0.4, -0.2) is 34.2 Å². The summed E-state index contributed by atoms with van der Waals surface area (Å²) < 4.78 is 0. The topological polar surface area (TPSA) is 58.1 Å². The molecule has 21 heavy (non-hydrogen) atoms. The molecule has 1 aromatic carbocycles. The molecule has 2 rings (SSSR count). The molecule has 0 aliphatic carbocycles. The minimum absolute atomic E-state index is 0.143. The first kappa shape index (κ1) is 15.4. The quantitative estimate of drug-likeness (QED) is 0.942. The first-order valence-corrected chi connectivity index (χ1v) is 7.69. The molecular formula is C15H20N4OS. The van der Waals surface area contributed by atoms with Crippen molar-refractivity contribution >= 4 is 22.5 Å². The Hall–Kier alpha value is -1.95. The number of rotatable bonds is 4. The van der Waals surface area contributed by atoms with Gasteiger partial charge in [-0.25, -0.2) is 4.79 Å². The first-order chi connectivity index (χ1) is 9.95. The molecule has 5 nitrogen and oxygen atoms in total. The second kappa shape index (κ2) is 6.67. The maximum atomic E-state index is 11.9. The fourth-order valence-electron chi connectivity index (χ4n) is 1.67. The molecule has 0 saturated heterocycles. The molecule has 112 valence electrons. The molecule has 2 amide bonds. The number of hydrogen-bond donors (Lipinski definition) is 1. The number of amides is 2. The van der Waals surface area contributed by atoms with Crippen LogP contribution in [0.2, 0.25) is 0 Å². The van der Waals surface area contributed by atoms with E-state index in [4.69, 9.17) is 0 Å². The van der Waals surface area contributed by atoms with Gasteiger partial charge in [-0.1, -0.05) is 41.2 Å². The van der Waals surface area contributed by atoms with Gasteiger partial charge in [0.25, 0.3) is 0 Å². The Morgan fingerprint density at radius 3 is 2.57 bits per heavy atom. The highest BCUT2D eigenvalue weighted by molar-refractivity contribution is 7.15. The lowest BCUT2D eigenvalue weighted by atomic mass is 10.1. The van der Waals surface area contributed by atoms with E-state index in [1.807, 2.05) is 13.8 Å². The predicted octanol–water partition coefficient (Wildman–Crippen LogP) is 3.31. The van der Waals surface area contributed by atoms with Crippen LogP contribution in [0.5, 0.6) is 0 Å². The fourth-order valence-corrected chi connectivity index (χ4v) is 2.43. The van der Waals surface area contributed by atoms with Crippen LogP contribution in [0.25, 0.3) is 0 Å². The lowest BCUT2D eigenvalue weighted by Crippen LogP contribution is -2.36. The Labute approximate surface area is 129 Å². The van der Waals surface area contributed by atoms with Crippen molar-refractivity contribution in [1.29, 1.82) is 0 Å². The molecule has 0 radical (unpaired) electrons. The van der Waals surface area contributed by atoms with E-state index < -0.39 is 0 Å². The van der Waals surface area contributed by atoms with E-state index in [0.29, 0.717) is 5.13 Å². The van der Waals surface area contributed by atoms with Gasteiger partial charge < -0.3 is 4.90 Å². The molecule has 1 heterocycles. The molecule has 2 aromatic rings. The minimum Gasteiger partial charge on any atom is -0.325 e. The molecule has 0 fully saturated rings. The Morgan fingerprint density at radius 2 is 1.95 bits per heavy atom. The van der Waals surface area contributed by atoms with Crippen molar-refractivity contribution < 1.29 is 4.79 Å². The SMILES string of the molecule is Cc1ccc(Cc2nnc(NC(=O)N(C)C(C)C)s2)cc1. The molecule has 0 aliphatic rings. The van der Waals surface area contributed by atoms with E-state index in [0.717, 1.165) is 11.4 Å². The average Bonchev–Trinajstić information content (AvgIpc) is 2.87. The van der Waals surface area contributed by atoms with E-state index in [9.17, 15) is 4.79 Å². The van der Waals surface area contributed by atoms with Crippen LogP contribution in [0.1, 0.15) is 30.0 Å².